The van der Waals surface area contributed by atoms with E-state index in [1.165, 1.54) is 0 Å². The van der Waals surface area contributed by atoms with Crippen LogP contribution in [0.25, 0.3) is 43.1 Å². The van der Waals surface area contributed by atoms with Crippen LogP contribution in [0, 0.1) is 0 Å². The molecular formula is C24H12O4. The van der Waals surface area contributed by atoms with Gasteiger partial charge in [-0.15, -0.1) is 0 Å². The minimum atomic E-state index is 0.0177. The largest absolute Gasteiger partial charge is 0.298 e. The third kappa shape index (κ3) is 1.84. The maximum Gasteiger partial charge on any atom is 0.151 e. The molecule has 0 heterocycles. The van der Waals surface area contributed by atoms with E-state index in [2.05, 4.69) is 0 Å². The van der Waals surface area contributed by atoms with Crippen LogP contribution in [0.1, 0.15) is 41.4 Å². The highest BCUT2D eigenvalue weighted by Crippen LogP contribution is 2.43. The van der Waals surface area contributed by atoms with E-state index < -0.39 is 0 Å². The lowest BCUT2D eigenvalue weighted by atomic mass is 9.82. The van der Waals surface area contributed by atoms with Gasteiger partial charge in [0, 0.05) is 33.0 Å². The van der Waals surface area contributed by atoms with Gasteiger partial charge in [-0.1, -0.05) is 48.5 Å². The molecule has 28 heavy (non-hydrogen) atoms. The summed E-state index contributed by atoms with van der Waals surface area (Å²) in [6.07, 6.45) is 2.36. The van der Waals surface area contributed by atoms with Crippen molar-refractivity contribution in [3.63, 3.8) is 0 Å². The zero-order valence-electron chi connectivity index (χ0n) is 14.6. The van der Waals surface area contributed by atoms with E-state index in [0.29, 0.717) is 46.9 Å². The third-order valence-corrected chi connectivity index (χ3v) is 5.55. The van der Waals surface area contributed by atoms with Crippen LogP contribution in [-0.4, -0.2) is 25.1 Å². The Labute approximate surface area is 158 Å². The van der Waals surface area contributed by atoms with Crippen LogP contribution in [0.4, 0.5) is 0 Å². The van der Waals surface area contributed by atoms with Crippen molar-refractivity contribution in [3.05, 3.63) is 70.8 Å². The molecule has 0 fully saturated rings. The van der Waals surface area contributed by atoms with Gasteiger partial charge in [-0.05, 0) is 32.3 Å². The molecule has 0 amide bonds. The van der Waals surface area contributed by atoms with Crippen LogP contribution in [0.5, 0.6) is 0 Å². The van der Waals surface area contributed by atoms with E-state index in [0.717, 1.165) is 26.9 Å². The van der Waals surface area contributed by atoms with Gasteiger partial charge in [-0.3, -0.25) is 19.2 Å². The van der Waals surface area contributed by atoms with E-state index in [4.69, 9.17) is 0 Å². The Hall–Kier alpha value is -3.92. The predicted molar refractivity (Wildman–Crippen MR) is 109 cm³/mol. The molecular weight excluding hydrogens is 352 g/mol. The molecule has 0 unspecified atom stereocenters. The van der Waals surface area contributed by atoms with E-state index >= 15 is 0 Å². The van der Waals surface area contributed by atoms with Crippen molar-refractivity contribution >= 4 is 68.2 Å². The van der Waals surface area contributed by atoms with Crippen molar-refractivity contribution in [1.29, 1.82) is 0 Å². The van der Waals surface area contributed by atoms with Gasteiger partial charge in [0.05, 0.1) is 0 Å². The number of hydrogen-bond donors (Lipinski definition) is 0. The molecule has 0 aromatic heterocycles. The second-order valence-corrected chi connectivity index (χ2v) is 6.75. The maximum absolute atomic E-state index is 12.1. The van der Waals surface area contributed by atoms with Gasteiger partial charge in [0.2, 0.25) is 0 Å². The summed E-state index contributed by atoms with van der Waals surface area (Å²) < 4.78 is 0. The maximum atomic E-state index is 12.1. The first kappa shape index (κ1) is 16.3. The second-order valence-electron chi connectivity index (χ2n) is 6.75. The first-order valence-electron chi connectivity index (χ1n) is 8.75. The molecule has 5 aromatic rings. The van der Waals surface area contributed by atoms with Crippen molar-refractivity contribution in [2.45, 2.75) is 0 Å². The molecule has 0 radical (unpaired) electrons. The highest BCUT2D eigenvalue weighted by Gasteiger charge is 2.23. The van der Waals surface area contributed by atoms with Gasteiger partial charge >= 0.3 is 0 Å². The molecule has 4 nitrogen and oxygen atoms in total. The van der Waals surface area contributed by atoms with Crippen molar-refractivity contribution in [2.24, 2.45) is 0 Å². The number of carbonyl (C=O) groups is 4. The monoisotopic (exact) mass is 364 g/mol. The predicted octanol–water partition coefficient (Wildman–Crippen LogP) is 4.99. The van der Waals surface area contributed by atoms with Crippen LogP contribution in [0.3, 0.4) is 0 Å². The lowest BCUT2D eigenvalue weighted by Gasteiger charge is -2.19. The molecule has 0 saturated carbocycles. The molecule has 0 saturated heterocycles. The van der Waals surface area contributed by atoms with Crippen molar-refractivity contribution in [1.82, 2.24) is 0 Å². The quantitative estimate of drug-likeness (QED) is 0.256. The fraction of sp³-hybridized carbons (Fsp3) is 0. The lowest BCUT2D eigenvalue weighted by Crippen LogP contribution is -2.04. The fourth-order valence-electron chi connectivity index (χ4n) is 4.47. The Morgan fingerprint density at radius 3 is 1.71 bits per heavy atom. The zero-order chi connectivity index (χ0) is 19.4. The van der Waals surface area contributed by atoms with Crippen LogP contribution < -0.4 is 0 Å². The zero-order valence-corrected chi connectivity index (χ0v) is 14.6. The highest BCUT2D eigenvalue weighted by atomic mass is 16.1. The molecule has 132 valence electrons. The molecule has 0 atom stereocenters. The summed E-state index contributed by atoms with van der Waals surface area (Å²) in [6.45, 7) is 0. The summed E-state index contributed by atoms with van der Waals surface area (Å²) in [5.74, 6) is 0. The molecule has 0 aliphatic rings. The summed E-state index contributed by atoms with van der Waals surface area (Å²) in [4.78, 5) is 47.6. The molecule has 4 heteroatoms. The third-order valence-electron chi connectivity index (χ3n) is 5.55. The first-order chi connectivity index (χ1) is 13.7. The molecule has 5 rings (SSSR count). The van der Waals surface area contributed by atoms with E-state index in [9.17, 15) is 19.2 Å². The molecule has 5 aromatic carbocycles. The summed E-state index contributed by atoms with van der Waals surface area (Å²) in [7, 11) is 0. The average molecular weight is 364 g/mol. The lowest BCUT2D eigenvalue weighted by molar-refractivity contribution is 0.108. The topological polar surface area (TPSA) is 68.3 Å². The number of rotatable bonds is 4. The Morgan fingerprint density at radius 1 is 0.464 bits per heavy atom. The van der Waals surface area contributed by atoms with E-state index in [1.807, 2.05) is 42.5 Å². The van der Waals surface area contributed by atoms with Crippen LogP contribution in [0.15, 0.2) is 48.5 Å². The minimum Gasteiger partial charge on any atom is -0.298 e. The van der Waals surface area contributed by atoms with Gasteiger partial charge in [0.1, 0.15) is 0 Å². The fourth-order valence-corrected chi connectivity index (χ4v) is 4.47. The van der Waals surface area contributed by atoms with Crippen LogP contribution in [-0.2, 0) is 0 Å². The Bertz CT molecular complexity index is 1470. The van der Waals surface area contributed by atoms with Crippen molar-refractivity contribution in [3.8, 4) is 0 Å². The highest BCUT2D eigenvalue weighted by molar-refractivity contribution is 6.38. The number of carbonyl (C=O) groups excluding carboxylic acids is 4. The van der Waals surface area contributed by atoms with Gasteiger partial charge in [-0.2, -0.15) is 0 Å². The Balaban J connectivity index is 2.32. The van der Waals surface area contributed by atoms with Crippen LogP contribution >= 0.6 is 0 Å². The summed E-state index contributed by atoms with van der Waals surface area (Å²) in [5, 5.41) is 6.28. The van der Waals surface area contributed by atoms with Gasteiger partial charge in [-0.25, -0.2) is 0 Å². The molecule has 0 spiro atoms. The average Bonchev–Trinajstić information content (AvgIpc) is 2.75. The van der Waals surface area contributed by atoms with Crippen LogP contribution in [0.2, 0.25) is 0 Å². The van der Waals surface area contributed by atoms with E-state index in [-0.39, 0.29) is 16.7 Å². The number of fused-ring (bicyclic) bond motifs is 2. The molecule has 0 N–H and O–H groups in total. The standard InChI is InChI=1S/C24H12O4/c25-9-14-7-8-16-15-5-1-3-13-4-2-6-17(21(13)15)23-20(12-28)18(10-26)19(11-27)22(14)24(16)23/h1-12H. The molecule has 0 bridgehead atoms. The Kier molecular flexibility index (Phi) is 3.36. The van der Waals surface area contributed by atoms with Gasteiger partial charge in [0.25, 0.3) is 0 Å². The summed E-state index contributed by atoms with van der Waals surface area (Å²) >= 11 is 0. The first-order valence-corrected chi connectivity index (χ1v) is 8.75. The normalized spacial score (nSPS) is 11.4. The van der Waals surface area contributed by atoms with Gasteiger partial charge < -0.3 is 0 Å². The summed E-state index contributed by atoms with van der Waals surface area (Å²) in [6, 6.07) is 15.2. The number of benzene rings is 5. The molecule has 0 aliphatic carbocycles. The van der Waals surface area contributed by atoms with Crippen molar-refractivity contribution < 1.29 is 19.2 Å². The SMILES string of the molecule is O=Cc1c(C=O)c2c(C=O)ccc3c4cccc5cccc(c(c1C=O)c23)c54. The van der Waals surface area contributed by atoms with Gasteiger partial charge in [0.15, 0.2) is 25.1 Å². The van der Waals surface area contributed by atoms with E-state index in [1.54, 1.807) is 6.07 Å². The molecule has 0 aliphatic heterocycles. The smallest absolute Gasteiger partial charge is 0.151 e. The summed E-state index contributed by atoms with van der Waals surface area (Å²) in [5.41, 5.74) is 0.584. The number of aldehydes is 4. The minimum absolute atomic E-state index is 0.0177. The van der Waals surface area contributed by atoms with Crippen molar-refractivity contribution in [2.75, 3.05) is 0 Å². The second kappa shape index (κ2) is 5.79. The Morgan fingerprint density at radius 2 is 1.07 bits per heavy atom. The number of hydrogen-bond acceptors (Lipinski definition) is 4.